The lowest BCUT2D eigenvalue weighted by atomic mass is 10.0. The quantitative estimate of drug-likeness (QED) is 0.888. The summed E-state index contributed by atoms with van der Waals surface area (Å²) in [5, 5.41) is 3.16. The Morgan fingerprint density at radius 1 is 1.19 bits per heavy atom. The number of piperazine rings is 1. The van der Waals surface area contributed by atoms with E-state index in [9.17, 15) is 4.79 Å². The normalized spacial score (nSPS) is 19.8. The number of hydrogen-bond donors (Lipinski definition) is 1. The number of carbonyl (C=O) groups excluding carboxylic acids is 1. The zero-order valence-electron chi connectivity index (χ0n) is 12.8. The third-order valence-electron chi connectivity index (χ3n) is 4.56. The van der Waals surface area contributed by atoms with Crippen LogP contribution in [-0.2, 0) is 6.42 Å². The molecule has 0 bridgehead atoms. The van der Waals surface area contributed by atoms with Crippen LogP contribution in [0.5, 0.6) is 0 Å². The highest BCUT2D eigenvalue weighted by Gasteiger charge is 2.32. The van der Waals surface area contributed by atoms with E-state index in [1.807, 2.05) is 30.1 Å². The van der Waals surface area contributed by atoms with Crippen LogP contribution in [0.1, 0.15) is 28.8 Å². The zero-order valence-corrected chi connectivity index (χ0v) is 12.8. The minimum absolute atomic E-state index is 0.206. The Morgan fingerprint density at radius 3 is 2.57 bits per heavy atom. The first kappa shape index (κ1) is 14.5. The highest BCUT2D eigenvalue weighted by atomic mass is 16.2. The van der Waals surface area contributed by atoms with Gasteiger partial charge in [-0.2, -0.15) is 0 Å². The Hall–Kier alpha value is -1.39. The summed E-state index contributed by atoms with van der Waals surface area (Å²) in [5.74, 6) is 0.206. The lowest BCUT2D eigenvalue weighted by molar-refractivity contribution is 0.0626. The van der Waals surface area contributed by atoms with Crippen molar-refractivity contribution in [3.8, 4) is 0 Å². The van der Waals surface area contributed by atoms with Crippen LogP contribution in [0.4, 0.5) is 0 Å². The van der Waals surface area contributed by atoms with Crippen LogP contribution < -0.4 is 5.32 Å². The molecule has 2 fully saturated rings. The molecule has 1 aliphatic carbocycles. The van der Waals surface area contributed by atoms with E-state index in [1.165, 1.54) is 12.8 Å². The smallest absolute Gasteiger partial charge is 0.254 e. The summed E-state index contributed by atoms with van der Waals surface area (Å²) < 4.78 is 0. The summed E-state index contributed by atoms with van der Waals surface area (Å²) >= 11 is 0. The van der Waals surface area contributed by atoms with Crippen molar-refractivity contribution in [2.45, 2.75) is 25.3 Å². The maximum Gasteiger partial charge on any atom is 0.254 e. The van der Waals surface area contributed by atoms with Gasteiger partial charge in [-0.1, -0.05) is 18.2 Å². The number of benzene rings is 1. The summed E-state index contributed by atoms with van der Waals surface area (Å²) in [6.07, 6.45) is 3.60. The third kappa shape index (κ3) is 3.44. The molecule has 1 heterocycles. The molecule has 0 unspecified atom stereocenters. The molecular formula is C17H25N3O. The molecule has 1 amide bonds. The van der Waals surface area contributed by atoms with Gasteiger partial charge in [-0.05, 0) is 44.5 Å². The van der Waals surface area contributed by atoms with Crippen LogP contribution in [0.15, 0.2) is 24.3 Å². The number of carbonyl (C=O) groups is 1. The van der Waals surface area contributed by atoms with Gasteiger partial charge in [-0.25, -0.2) is 0 Å². The first-order valence-corrected chi connectivity index (χ1v) is 8.05. The summed E-state index contributed by atoms with van der Waals surface area (Å²) in [6.45, 7) is 4.72. The standard InChI is InChI=1S/C17H25N3O/c1-18-9-8-14-4-2-3-5-16(14)17(21)20-12-10-19(11-13-20)15-6-7-15/h2-5,15,18H,6-13H2,1H3. The molecule has 0 atom stereocenters. The van der Waals surface area contributed by atoms with E-state index in [0.717, 1.165) is 56.3 Å². The number of nitrogens with zero attached hydrogens (tertiary/aromatic N) is 2. The molecule has 1 aromatic rings. The Bertz CT molecular complexity index is 491. The van der Waals surface area contributed by atoms with E-state index in [4.69, 9.17) is 0 Å². The molecule has 114 valence electrons. The molecule has 2 aliphatic rings. The first-order chi connectivity index (χ1) is 10.3. The Kier molecular flexibility index (Phi) is 4.56. The van der Waals surface area contributed by atoms with E-state index < -0.39 is 0 Å². The number of rotatable bonds is 5. The molecular weight excluding hydrogens is 262 g/mol. The van der Waals surface area contributed by atoms with Crippen molar-refractivity contribution >= 4 is 5.91 Å². The first-order valence-electron chi connectivity index (χ1n) is 8.05. The SMILES string of the molecule is CNCCc1ccccc1C(=O)N1CCN(C2CC2)CC1. The molecule has 4 nitrogen and oxygen atoms in total. The van der Waals surface area contributed by atoms with Crippen molar-refractivity contribution in [3.63, 3.8) is 0 Å². The summed E-state index contributed by atoms with van der Waals surface area (Å²) in [5.41, 5.74) is 2.04. The van der Waals surface area contributed by atoms with Crippen molar-refractivity contribution in [2.24, 2.45) is 0 Å². The monoisotopic (exact) mass is 287 g/mol. The molecule has 0 radical (unpaired) electrons. The average molecular weight is 287 g/mol. The van der Waals surface area contributed by atoms with Gasteiger partial charge in [0.25, 0.3) is 5.91 Å². The fourth-order valence-electron chi connectivity index (χ4n) is 3.11. The second-order valence-electron chi connectivity index (χ2n) is 6.07. The van der Waals surface area contributed by atoms with E-state index in [2.05, 4.69) is 16.3 Å². The molecule has 1 N–H and O–H groups in total. The minimum Gasteiger partial charge on any atom is -0.336 e. The van der Waals surface area contributed by atoms with E-state index in [-0.39, 0.29) is 5.91 Å². The van der Waals surface area contributed by atoms with E-state index >= 15 is 0 Å². The summed E-state index contributed by atoms with van der Waals surface area (Å²) in [7, 11) is 1.95. The summed E-state index contributed by atoms with van der Waals surface area (Å²) in [4.78, 5) is 17.3. The number of amides is 1. The highest BCUT2D eigenvalue weighted by Crippen LogP contribution is 2.27. The van der Waals surface area contributed by atoms with Crippen LogP contribution in [0.3, 0.4) is 0 Å². The number of likely N-dealkylation sites (N-methyl/N-ethyl adjacent to an activating group) is 1. The lowest BCUT2D eigenvalue weighted by Crippen LogP contribution is -2.49. The molecule has 1 saturated heterocycles. The van der Waals surface area contributed by atoms with Crippen molar-refractivity contribution in [2.75, 3.05) is 39.8 Å². The number of hydrogen-bond acceptors (Lipinski definition) is 3. The third-order valence-corrected chi connectivity index (χ3v) is 4.56. The summed E-state index contributed by atoms with van der Waals surface area (Å²) in [6, 6.07) is 8.85. The van der Waals surface area contributed by atoms with Gasteiger partial charge in [0.05, 0.1) is 0 Å². The second-order valence-corrected chi connectivity index (χ2v) is 6.07. The van der Waals surface area contributed by atoms with Crippen LogP contribution >= 0.6 is 0 Å². The molecule has 1 aliphatic heterocycles. The molecule has 3 rings (SSSR count). The fourth-order valence-corrected chi connectivity index (χ4v) is 3.11. The van der Waals surface area contributed by atoms with Gasteiger partial charge in [0.15, 0.2) is 0 Å². The Morgan fingerprint density at radius 2 is 1.90 bits per heavy atom. The van der Waals surface area contributed by atoms with E-state index in [1.54, 1.807) is 0 Å². The topological polar surface area (TPSA) is 35.6 Å². The minimum atomic E-state index is 0.206. The van der Waals surface area contributed by atoms with Crippen molar-refractivity contribution < 1.29 is 4.79 Å². The highest BCUT2D eigenvalue weighted by molar-refractivity contribution is 5.95. The van der Waals surface area contributed by atoms with Crippen molar-refractivity contribution in [1.82, 2.24) is 15.1 Å². The maximum atomic E-state index is 12.8. The predicted octanol–water partition coefficient (Wildman–Crippen LogP) is 1.37. The molecule has 21 heavy (non-hydrogen) atoms. The van der Waals surface area contributed by atoms with Gasteiger partial charge >= 0.3 is 0 Å². The van der Waals surface area contributed by atoms with Crippen LogP contribution in [0.25, 0.3) is 0 Å². The van der Waals surface area contributed by atoms with Crippen LogP contribution in [0.2, 0.25) is 0 Å². The second kappa shape index (κ2) is 6.58. The molecule has 1 saturated carbocycles. The van der Waals surface area contributed by atoms with Crippen LogP contribution in [-0.4, -0.2) is 61.5 Å². The van der Waals surface area contributed by atoms with Gasteiger partial charge in [-0.15, -0.1) is 0 Å². The van der Waals surface area contributed by atoms with Gasteiger partial charge < -0.3 is 10.2 Å². The van der Waals surface area contributed by atoms with Gasteiger partial charge in [0.1, 0.15) is 0 Å². The molecule has 1 aromatic carbocycles. The Labute approximate surface area is 127 Å². The molecule has 4 heteroatoms. The molecule has 0 spiro atoms. The zero-order chi connectivity index (χ0) is 14.7. The predicted molar refractivity (Wildman–Crippen MR) is 84.6 cm³/mol. The molecule has 0 aromatic heterocycles. The van der Waals surface area contributed by atoms with Gasteiger partial charge in [0, 0.05) is 37.8 Å². The largest absolute Gasteiger partial charge is 0.336 e. The lowest BCUT2D eigenvalue weighted by Gasteiger charge is -2.35. The van der Waals surface area contributed by atoms with Gasteiger partial charge in [0.2, 0.25) is 0 Å². The van der Waals surface area contributed by atoms with Crippen molar-refractivity contribution in [3.05, 3.63) is 35.4 Å². The van der Waals surface area contributed by atoms with Gasteiger partial charge in [-0.3, -0.25) is 9.69 Å². The number of nitrogens with one attached hydrogen (secondary N) is 1. The fraction of sp³-hybridized carbons (Fsp3) is 0.588. The van der Waals surface area contributed by atoms with Crippen LogP contribution in [0, 0.1) is 0 Å². The van der Waals surface area contributed by atoms with E-state index in [0.29, 0.717) is 0 Å². The Balaban J connectivity index is 1.64. The maximum absolute atomic E-state index is 12.8. The average Bonchev–Trinajstić information content (AvgIpc) is 3.37. The van der Waals surface area contributed by atoms with Crippen molar-refractivity contribution in [1.29, 1.82) is 0 Å².